The quantitative estimate of drug-likeness (QED) is 0.861. The normalized spacial score (nSPS) is 10.3. The van der Waals surface area contributed by atoms with Crippen LogP contribution in [0.5, 0.6) is 11.5 Å². The van der Waals surface area contributed by atoms with Crippen LogP contribution in [0.25, 0.3) is 0 Å². The lowest BCUT2D eigenvalue weighted by Crippen LogP contribution is -2.13. The van der Waals surface area contributed by atoms with Gasteiger partial charge in [-0.05, 0) is 42.8 Å². The maximum absolute atomic E-state index is 13.7. The molecule has 98 valence electrons. The number of halogens is 2. The van der Waals surface area contributed by atoms with Crippen molar-refractivity contribution in [2.24, 2.45) is 5.73 Å². The van der Waals surface area contributed by atoms with E-state index in [1.54, 1.807) is 24.3 Å². The summed E-state index contributed by atoms with van der Waals surface area (Å²) in [4.78, 5) is -0.0428. The third-order valence-electron chi connectivity index (χ3n) is 2.58. The molecule has 2 aromatic carbocycles. The molecular formula is C14H11ClFNOS. The molecule has 5 heteroatoms. The lowest BCUT2D eigenvalue weighted by molar-refractivity contribution is 0.475. The van der Waals surface area contributed by atoms with E-state index in [0.29, 0.717) is 10.8 Å². The summed E-state index contributed by atoms with van der Waals surface area (Å²) in [7, 11) is 0. The molecule has 0 atom stereocenters. The van der Waals surface area contributed by atoms with Crippen molar-refractivity contribution in [3.8, 4) is 11.5 Å². The van der Waals surface area contributed by atoms with Crippen molar-refractivity contribution in [2.75, 3.05) is 0 Å². The van der Waals surface area contributed by atoms with Gasteiger partial charge in [-0.3, -0.25) is 0 Å². The van der Waals surface area contributed by atoms with Gasteiger partial charge in [0.15, 0.2) is 0 Å². The summed E-state index contributed by atoms with van der Waals surface area (Å²) in [6.07, 6.45) is 0. The first-order valence-corrected chi connectivity index (χ1v) is 6.30. The number of ether oxygens (including phenoxy) is 1. The smallest absolute Gasteiger partial charge is 0.140 e. The number of rotatable bonds is 3. The van der Waals surface area contributed by atoms with Gasteiger partial charge in [-0.25, -0.2) is 4.39 Å². The van der Waals surface area contributed by atoms with Crippen LogP contribution < -0.4 is 10.5 Å². The zero-order valence-corrected chi connectivity index (χ0v) is 11.7. The maximum Gasteiger partial charge on any atom is 0.140 e. The van der Waals surface area contributed by atoms with E-state index in [0.717, 1.165) is 5.56 Å². The average molecular weight is 296 g/mol. The molecule has 0 saturated carbocycles. The molecule has 0 unspecified atom stereocenters. The van der Waals surface area contributed by atoms with Crippen molar-refractivity contribution < 1.29 is 9.13 Å². The molecule has 0 aliphatic heterocycles. The second-order valence-electron chi connectivity index (χ2n) is 3.99. The van der Waals surface area contributed by atoms with Gasteiger partial charge in [-0.15, -0.1) is 0 Å². The Labute approximate surface area is 120 Å². The van der Waals surface area contributed by atoms with Gasteiger partial charge in [0.2, 0.25) is 0 Å². The topological polar surface area (TPSA) is 35.2 Å². The molecule has 0 heterocycles. The molecule has 0 aromatic heterocycles. The fraction of sp³-hybridized carbons (Fsp3) is 0.0714. The molecule has 2 nitrogen and oxygen atoms in total. The molecule has 0 fully saturated rings. The lowest BCUT2D eigenvalue weighted by Gasteiger charge is -2.11. The summed E-state index contributed by atoms with van der Waals surface area (Å²) < 4.78 is 19.3. The largest absolute Gasteiger partial charge is 0.457 e. The minimum absolute atomic E-state index is 0.0428. The zero-order valence-electron chi connectivity index (χ0n) is 10.1. The first-order chi connectivity index (χ1) is 8.99. The summed E-state index contributed by atoms with van der Waals surface area (Å²) >= 11 is 10.8. The van der Waals surface area contributed by atoms with Crippen LogP contribution in [-0.2, 0) is 0 Å². The lowest BCUT2D eigenvalue weighted by atomic mass is 10.2. The Bertz CT molecular complexity index is 645. The molecular weight excluding hydrogens is 285 g/mol. The first-order valence-electron chi connectivity index (χ1n) is 5.51. The molecule has 0 aliphatic rings. The Morgan fingerprint density at radius 1 is 1.32 bits per heavy atom. The third-order valence-corrected chi connectivity index (χ3v) is 3.21. The molecule has 0 saturated heterocycles. The standard InChI is InChI=1S/C14H11ClFNOS/c1-8-7-9(5-6-10(8)15)18-12-4-2-3-11(16)13(12)14(17)19/h2-7H,1H3,(H2,17,19). The third kappa shape index (κ3) is 3.03. The summed E-state index contributed by atoms with van der Waals surface area (Å²) in [6, 6.07) is 9.61. The highest BCUT2D eigenvalue weighted by Crippen LogP contribution is 2.29. The van der Waals surface area contributed by atoms with Crippen LogP contribution in [0.2, 0.25) is 5.02 Å². The molecule has 2 N–H and O–H groups in total. The van der Waals surface area contributed by atoms with Gasteiger partial charge < -0.3 is 10.5 Å². The maximum atomic E-state index is 13.7. The van der Waals surface area contributed by atoms with Crippen molar-refractivity contribution in [1.82, 2.24) is 0 Å². The summed E-state index contributed by atoms with van der Waals surface area (Å²) in [5.74, 6) is 0.329. The molecule has 0 bridgehead atoms. The number of aryl methyl sites for hydroxylation is 1. The Morgan fingerprint density at radius 2 is 2.05 bits per heavy atom. The van der Waals surface area contributed by atoms with E-state index in [4.69, 9.17) is 34.3 Å². The number of hydrogen-bond donors (Lipinski definition) is 1. The van der Waals surface area contributed by atoms with E-state index in [1.165, 1.54) is 12.1 Å². The fourth-order valence-electron chi connectivity index (χ4n) is 1.64. The molecule has 0 radical (unpaired) electrons. The van der Waals surface area contributed by atoms with Gasteiger partial charge in [0.25, 0.3) is 0 Å². The highest BCUT2D eigenvalue weighted by molar-refractivity contribution is 7.80. The number of hydrogen-bond acceptors (Lipinski definition) is 2. The van der Waals surface area contributed by atoms with Crippen LogP contribution >= 0.6 is 23.8 Å². The minimum atomic E-state index is -0.504. The molecule has 0 amide bonds. The second kappa shape index (κ2) is 5.55. The molecule has 0 spiro atoms. The SMILES string of the molecule is Cc1cc(Oc2cccc(F)c2C(N)=S)ccc1Cl. The van der Waals surface area contributed by atoms with Gasteiger partial charge in [-0.2, -0.15) is 0 Å². The van der Waals surface area contributed by atoms with E-state index in [-0.39, 0.29) is 16.3 Å². The van der Waals surface area contributed by atoms with Crippen LogP contribution in [0.4, 0.5) is 4.39 Å². The number of nitrogens with two attached hydrogens (primary N) is 1. The Hall–Kier alpha value is -1.65. The highest BCUT2D eigenvalue weighted by atomic mass is 35.5. The van der Waals surface area contributed by atoms with E-state index in [2.05, 4.69) is 0 Å². The number of thiocarbonyl (C=S) groups is 1. The van der Waals surface area contributed by atoms with Crippen LogP contribution in [0, 0.1) is 12.7 Å². The Balaban J connectivity index is 2.40. The molecule has 19 heavy (non-hydrogen) atoms. The van der Waals surface area contributed by atoms with Gasteiger partial charge in [0.1, 0.15) is 22.3 Å². The summed E-state index contributed by atoms with van der Waals surface area (Å²) in [5.41, 5.74) is 6.48. The monoisotopic (exact) mass is 295 g/mol. The van der Waals surface area contributed by atoms with Gasteiger partial charge in [0.05, 0.1) is 5.56 Å². The van der Waals surface area contributed by atoms with Crippen molar-refractivity contribution in [1.29, 1.82) is 0 Å². The van der Waals surface area contributed by atoms with Crippen molar-refractivity contribution in [3.05, 3.63) is 58.4 Å². The summed E-state index contributed by atoms with van der Waals surface area (Å²) in [5, 5.41) is 0.640. The zero-order chi connectivity index (χ0) is 14.0. The fourth-order valence-corrected chi connectivity index (χ4v) is 1.95. The summed E-state index contributed by atoms with van der Waals surface area (Å²) in [6.45, 7) is 1.86. The van der Waals surface area contributed by atoms with Crippen molar-refractivity contribution in [2.45, 2.75) is 6.92 Å². The predicted molar refractivity (Wildman–Crippen MR) is 78.6 cm³/mol. The average Bonchev–Trinajstić information content (AvgIpc) is 2.33. The highest BCUT2D eigenvalue weighted by Gasteiger charge is 2.13. The van der Waals surface area contributed by atoms with E-state index in [9.17, 15) is 4.39 Å². The van der Waals surface area contributed by atoms with E-state index >= 15 is 0 Å². The molecule has 2 rings (SSSR count). The van der Waals surface area contributed by atoms with Crippen LogP contribution in [-0.4, -0.2) is 4.99 Å². The Kier molecular flexibility index (Phi) is 4.02. The van der Waals surface area contributed by atoms with Crippen LogP contribution in [0.15, 0.2) is 36.4 Å². The van der Waals surface area contributed by atoms with Gasteiger partial charge >= 0.3 is 0 Å². The van der Waals surface area contributed by atoms with Gasteiger partial charge in [-0.1, -0.05) is 29.9 Å². The van der Waals surface area contributed by atoms with Crippen LogP contribution in [0.1, 0.15) is 11.1 Å². The molecule has 2 aromatic rings. The molecule has 0 aliphatic carbocycles. The van der Waals surface area contributed by atoms with E-state index in [1.807, 2.05) is 6.92 Å². The predicted octanol–water partition coefficient (Wildman–Crippen LogP) is 4.21. The Morgan fingerprint density at radius 3 is 2.68 bits per heavy atom. The van der Waals surface area contributed by atoms with Crippen molar-refractivity contribution >= 4 is 28.8 Å². The first kappa shape index (κ1) is 13.8. The van der Waals surface area contributed by atoms with Crippen molar-refractivity contribution in [3.63, 3.8) is 0 Å². The number of benzene rings is 2. The van der Waals surface area contributed by atoms with Gasteiger partial charge in [0, 0.05) is 5.02 Å². The minimum Gasteiger partial charge on any atom is -0.457 e. The van der Waals surface area contributed by atoms with Crippen LogP contribution in [0.3, 0.4) is 0 Å². The van der Waals surface area contributed by atoms with E-state index < -0.39 is 5.82 Å². The second-order valence-corrected chi connectivity index (χ2v) is 4.84.